The summed E-state index contributed by atoms with van der Waals surface area (Å²) in [7, 11) is -1.71. The molecule has 0 saturated heterocycles. The largest absolute Gasteiger partial charge is 0.486 e. The Morgan fingerprint density at radius 2 is 1.70 bits per heavy atom. The molecule has 6 heteroatoms. The average Bonchev–Trinajstić information content (AvgIpc) is 3.62. The molecule has 4 aliphatic rings. The zero-order valence-electron chi connectivity index (χ0n) is 38.0. The first-order valence-corrected chi connectivity index (χ1v) is 22.7. The Balaban J connectivity index is 0.000000181. The molecule has 0 aliphatic heterocycles. The van der Waals surface area contributed by atoms with Crippen LogP contribution in [-0.4, -0.2) is 23.0 Å². The zero-order valence-corrected chi connectivity index (χ0v) is 34.4. The first kappa shape index (κ1) is 29.9. The number of nitrogens with zero attached hydrogens (tertiary/aromatic N) is 3. The normalized spacial score (nSPS) is 22.9. The minimum atomic E-state index is -2.32. The van der Waals surface area contributed by atoms with Crippen LogP contribution in [0.5, 0.6) is 0 Å². The molecule has 6 aromatic rings. The van der Waals surface area contributed by atoms with E-state index in [0.29, 0.717) is 28.3 Å². The third-order valence-corrected chi connectivity index (χ3v) is 13.4. The molecule has 277 valence electrons. The number of hydrogen-bond donors (Lipinski definition) is 0. The Morgan fingerprint density at radius 1 is 0.849 bits per heavy atom. The molecule has 4 aromatic heterocycles. The van der Waals surface area contributed by atoms with E-state index in [2.05, 4.69) is 41.7 Å². The van der Waals surface area contributed by atoms with Crippen molar-refractivity contribution in [3.8, 4) is 22.5 Å². The first-order valence-electron chi connectivity index (χ1n) is 22.7. The van der Waals surface area contributed by atoms with Gasteiger partial charge in [-0.15, -0.1) is 54.1 Å². The molecular formula is C47H53IrN3OSi-2. The summed E-state index contributed by atoms with van der Waals surface area (Å²) in [6.07, 6.45) is 12.1. The second-order valence-electron chi connectivity index (χ2n) is 16.1. The van der Waals surface area contributed by atoms with Gasteiger partial charge in [0.25, 0.3) is 0 Å². The molecular weight excluding hydrogens is 843 g/mol. The minimum absolute atomic E-state index is 0. The quantitative estimate of drug-likeness (QED) is 0.118. The molecule has 53 heavy (non-hydrogen) atoms. The van der Waals surface area contributed by atoms with Gasteiger partial charge in [0, 0.05) is 53.2 Å². The van der Waals surface area contributed by atoms with E-state index < -0.39 is 27.7 Å². The molecule has 10 rings (SSSR count). The molecule has 2 aromatic carbocycles. The molecule has 2 bridgehead atoms. The van der Waals surface area contributed by atoms with Gasteiger partial charge in [-0.1, -0.05) is 98.8 Å². The van der Waals surface area contributed by atoms with Gasteiger partial charge in [0.05, 0.1) is 13.7 Å². The van der Waals surface area contributed by atoms with Crippen LogP contribution >= 0.6 is 0 Å². The van der Waals surface area contributed by atoms with Crippen molar-refractivity contribution < 1.29 is 34.1 Å². The fourth-order valence-corrected chi connectivity index (χ4v) is 9.98. The number of pyridine rings is 3. The summed E-state index contributed by atoms with van der Waals surface area (Å²) in [4.78, 5) is 13.4. The summed E-state index contributed by atoms with van der Waals surface area (Å²) in [5.74, 6) is 1.42. The van der Waals surface area contributed by atoms with Crippen LogP contribution in [0.4, 0.5) is 0 Å². The molecule has 1 atom stereocenters. The maximum absolute atomic E-state index is 9.25. The van der Waals surface area contributed by atoms with Gasteiger partial charge in [0.2, 0.25) is 5.71 Å². The molecule has 0 spiro atoms. The number of benzene rings is 2. The number of furan rings is 1. The van der Waals surface area contributed by atoms with Crippen molar-refractivity contribution in [3.05, 3.63) is 108 Å². The van der Waals surface area contributed by atoms with Crippen LogP contribution in [0.15, 0.2) is 83.5 Å². The average molecular weight is 903 g/mol. The fourth-order valence-electron chi connectivity index (χ4n) is 8.58. The number of aryl methyl sites for hydroxylation is 1. The van der Waals surface area contributed by atoms with Crippen molar-refractivity contribution in [2.24, 2.45) is 23.7 Å². The number of rotatable bonds is 7. The Labute approximate surface area is 340 Å². The van der Waals surface area contributed by atoms with E-state index in [0.717, 1.165) is 65.6 Å². The Hall–Kier alpha value is -3.44. The number of aromatic nitrogens is 3. The molecule has 4 nitrogen and oxygen atoms in total. The van der Waals surface area contributed by atoms with Gasteiger partial charge in [-0.3, -0.25) is 0 Å². The molecule has 0 N–H and O–H groups in total. The van der Waals surface area contributed by atoms with Crippen LogP contribution in [0.3, 0.4) is 0 Å². The fraction of sp³-hybridized carbons (Fsp3) is 0.426. The standard InChI is InChI=1S/C24H23N2O.C23H30NSi.Ir/c1-16-10-11-20-19-8-5-9-21(23(19)27-24(20)26-16)22-15-18(12-13-25-22)14-17-6-3-2-4-7-17;1-25(2,3)23-16-24-22(19-7-5-4-6-8-19)15-21(23)14-20-13-17-9-11-18(20)12-10-17;/h5,8,10-13,15,17H,2-4,6-7,14H2,1H3;4-7,15-18,20H,9-14H2,1-3H3;/q2*-1;/i1D3,14D2;14D2;. The second kappa shape index (κ2) is 16.5. The van der Waals surface area contributed by atoms with E-state index in [9.17, 15) is 2.74 Å². The van der Waals surface area contributed by atoms with Crippen LogP contribution in [0.1, 0.15) is 90.6 Å². The summed E-state index contributed by atoms with van der Waals surface area (Å²) in [5.41, 5.74) is 5.23. The summed E-state index contributed by atoms with van der Waals surface area (Å²) in [6, 6.07) is 26.7. The number of fused-ring (bicyclic) bond motifs is 6. The van der Waals surface area contributed by atoms with Crippen molar-refractivity contribution in [2.75, 3.05) is 0 Å². The molecule has 4 fully saturated rings. The summed E-state index contributed by atoms with van der Waals surface area (Å²) in [5, 5.41) is 2.69. The maximum Gasteiger partial charge on any atom is 0.216 e. The molecule has 1 radical (unpaired) electrons. The topological polar surface area (TPSA) is 51.8 Å². The molecule has 4 saturated carbocycles. The SMILES string of the molecule is [2H]C([2H])([2H])c1ccc2c(n1)oc1c(-c3cc(C([2H])([2H])C4CCCCC4)ccn3)[c-]ccc12.[2H]C([2H])(c1cc(-c2[c-]cccc2)ncc1[Si](C)(C)C)C1CC2CCC1CC2.[Ir]. The molecule has 1 unspecified atom stereocenters. The molecule has 4 heterocycles. The Kier molecular flexibility index (Phi) is 9.30. The monoisotopic (exact) mass is 903 g/mol. The molecule has 0 amide bonds. The summed E-state index contributed by atoms with van der Waals surface area (Å²) in [6.45, 7) is 4.57. The van der Waals surface area contributed by atoms with Gasteiger partial charge in [-0.2, -0.15) is 0 Å². The van der Waals surface area contributed by atoms with Crippen LogP contribution < -0.4 is 5.19 Å². The van der Waals surface area contributed by atoms with E-state index in [4.69, 9.17) is 16.3 Å². The predicted molar refractivity (Wildman–Crippen MR) is 217 cm³/mol. The van der Waals surface area contributed by atoms with Crippen molar-refractivity contribution in [1.29, 1.82) is 0 Å². The van der Waals surface area contributed by atoms with Crippen molar-refractivity contribution >= 4 is 35.3 Å². The third-order valence-electron chi connectivity index (χ3n) is 11.4. The van der Waals surface area contributed by atoms with E-state index in [1.54, 1.807) is 30.5 Å². The van der Waals surface area contributed by atoms with Gasteiger partial charge < -0.3 is 14.4 Å². The van der Waals surface area contributed by atoms with E-state index in [-0.39, 0.29) is 43.3 Å². The predicted octanol–water partition coefficient (Wildman–Crippen LogP) is 11.7. The van der Waals surface area contributed by atoms with E-state index in [1.165, 1.54) is 43.4 Å². The van der Waals surface area contributed by atoms with Gasteiger partial charge in [-0.05, 0) is 97.3 Å². The third kappa shape index (κ3) is 8.61. The van der Waals surface area contributed by atoms with E-state index >= 15 is 0 Å². The maximum atomic E-state index is 9.25. The van der Waals surface area contributed by atoms with Crippen LogP contribution in [0.2, 0.25) is 19.6 Å². The van der Waals surface area contributed by atoms with E-state index in [1.807, 2.05) is 42.6 Å². The van der Waals surface area contributed by atoms with Crippen LogP contribution in [0, 0.1) is 42.7 Å². The van der Waals surface area contributed by atoms with Gasteiger partial charge in [-0.25, -0.2) is 4.98 Å². The zero-order chi connectivity index (χ0) is 41.7. The number of hydrogen-bond acceptors (Lipinski definition) is 4. The summed E-state index contributed by atoms with van der Waals surface area (Å²) < 4.78 is 64.9. The van der Waals surface area contributed by atoms with Gasteiger partial charge >= 0.3 is 0 Å². The van der Waals surface area contributed by atoms with Crippen LogP contribution in [0.25, 0.3) is 44.6 Å². The van der Waals surface area contributed by atoms with Gasteiger partial charge in [0.15, 0.2) is 0 Å². The van der Waals surface area contributed by atoms with Gasteiger partial charge in [0.1, 0.15) is 0 Å². The smallest absolute Gasteiger partial charge is 0.216 e. The Bertz CT molecular complexity index is 2440. The summed E-state index contributed by atoms with van der Waals surface area (Å²) >= 11 is 0. The van der Waals surface area contributed by atoms with Crippen LogP contribution in [-0.2, 0) is 32.9 Å². The second-order valence-corrected chi connectivity index (χ2v) is 21.1. The molecule has 4 aliphatic carbocycles. The van der Waals surface area contributed by atoms with Crippen molar-refractivity contribution in [3.63, 3.8) is 0 Å². The minimum Gasteiger partial charge on any atom is -0.486 e. The van der Waals surface area contributed by atoms with Crippen molar-refractivity contribution in [2.45, 2.75) is 103 Å². The first-order chi connectivity index (χ1) is 28.0. The van der Waals surface area contributed by atoms with Crippen molar-refractivity contribution in [1.82, 2.24) is 15.0 Å². The Morgan fingerprint density at radius 3 is 2.43 bits per heavy atom.